The highest BCUT2D eigenvalue weighted by molar-refractivity contribution is 4.88. The van der Waals surface area contributed by atoms with Gasteiger partial charge in [0, 0.05) is 12.1 Å². The van der Waals surface area contributed by atoms with E-state index in [0.29, 0.717) is 6.04 Å². The molecule has 0 aromatic carbocycles. The molecule has 2 atom stereocenters. The lowest BCUT2D eigenvalue weighted by Gasteiger charge is -2.42. The monoisotopic (exact) mass is 271 g/mol. The van der Waals surface area contributed by atoms with Gasteiger partial charge in [0.2, 0.25) is 0 Å². The van der Waals surface area contributed by atoms with Crippen molar-refractivity contribution in [2.45, 2.75) is 67.0 Å². The van der Waals surface area contributed by atoms with Gasteiger partial charge in [-0.25, -0.2) is 0 Å². The highest BCUT2D eigenvalue weighted by Crippen LogP contribution is 2.26. The lowest BCUT2D eigenvalue weighted by Crippen LogP contribution is -2.54. The summed E-state index contributed by atoms with van der Waals surface area (Å²) < 4.78 is 0. The number of likely N-dealkylation sites (N-methyl/N-ethyl adjacent to an activating group) is 1. The molecule has 0 saturated heterocycles. The van der Waals surface area contributed by atoms with Crippen molar-refractivity contribution in [1.29, 1.82) is 0 Å². The van der Waals surface area contributed by atoms with Crippen molar-refractivity contribution < 1.29 is 0 Å². The van der Waals surface area contributed by atoms with Crippen LogP contribution >= 0.6 is 0 Å². The molecule has 2 unspecified atom stereocenters. The van der Waals surface area contributed by atoms with Gasteiger partial charge in [-0.05, 0) is 51.5 Å². The molecule has 0 amide bonds. The molecule has 0 saturated carbocycles. The minimum atomic E-state index is 0.216. The summed E-state index contributed by atoms with van der Waals surface area (Å²) in [4.78, 5) is 5.06. The summed E-state index contributed by atoms with van der Waals surface area (Å²) in [7, 11) is 0. The second kappa shape index (κ2) is 8.93. The molecule has 0 radical (unpaired) electrons. The molecule has 0 rings (SSSR count). The Balaban J connectivity index is 4.46. The molecule has 3 heteroatoms. The first-order valence-corrected chi connectivity index (χ1v) is 7.99. The van der Waals surface area contributed by atoms with Gasteiger partial charge >= 0.3 is 0 Å². The van der Waals surface area contributed by atoms with E-state index in [9.17, 15) is 0 Å². The van der Waals surface area contributed by atoms with E-state index in [4.69, 9.17) is 5.73 Å². The molecular formula is C16H37N3. The molecule has 3 nitrogen and oxygen atoms in total. The fourth-order valence-corrected chi connectivity index (χ4v) is 3.20. The highest BCUT2D eigenvalue weighted by atomic mass is 15.2. The Morgan fingerprint density at radius 3 is 1.79 bits per heavy atom. The van der Waals surface area contributed by atoms with Crippen molar-refractivity contribution >= 4 is 0 Å². The summed E-state index contributed by atoms with van der Waals surface area (Å²) in [6.07, 6.45) is 1.23. The number of hydrogen-bond donors (Lipinski definition) is 1. The number of rotatable bonds is 9. The third-order valence-corrected chi connectivity index (χ3v) is 4.00. The maximum absolute atomic E-state index is 6.23. The van der Waals surface area contributed by atoms with Gasteiger partial charge < -0.3 is 10.6 Å². The van der Waals surface area contributed by atoms with Crippen LogP contribution in [0.5, 0.6) is 0 Å². The summed E-state index contributed by atoms with van der Waals surface area (Å²) >= 11 is 0. The first-order chi connectivity index (χ1) is 8.77. The van der Waals surface area contributed by atoms with Gasteiger partial charge in [-0.1, -0.05) is 41.5 Å². The van der Waals surface area contributed by atoms with Crippen LogP contribution in [0.1, 0.15) is 54.9 Å². The quantitative estimate of drug-likeness (QED) is 0.700. The van der Waals surface area contributed by atoms with E-state index in [2.05, 4.69) is 58.3 Å². The van der Waals surface area contributed by atoms with Crippen molar-refractivity contribution in [3.63, 3.8) is 0 Å². The third kappa shape index (κ3) is 6.73. The van der Waals surface area contributed by atoms with Gasteiger partial charge in [0.1, 0.15) is 0 Å². The lowest BCUT2D eigenvalue weighted by molar-refractivity contribution is 0.0823. The molecular weight excluding hydrogens is 234 g/mol. The average molecular weight is 271 g/mol. The molecule has 0 bridgehead atoms. The van der Waals surface area contributed by atoms with Crippen LogP contribution in [0.15, 0.2) is 0 Å². The van der Waals surface area contributed by atoms with Crippen molar-refractivity contribution in [1.82, 2.24) is 9.80 Å². The molecule has 0 fully saturated rings. The molecule has 0 spiro atoms. The normalized spacial score (nSPS) is 16.1. The molecule has 19 heavy (non-hydrogen) atoms. The number of hydrogen-bond acceptors (Lipinski definition) is 3. The topological polar surface area (TPSA) is 32.5 Å². The average Bonchev–Trinajstić information content (AvgIpc) is 2.30. The second-order valence-corrected chi connectivity index (χ2v) is 6.68. The Labute approximate surface area is 121 Å². The molecule has 0 aliphatic rings. The first-order valence-electron chi connectivity index (χ1n) is 7.99. The van der Waals surface area contributed by atoms with Crippen LogP contribution < -0.4 is 5.73 Å². The summed E-state index contributed by atoms with van der Waals surface area (Å²) in [6, 6.07) is 0.669. The lowest BCUT2D eigenvalue weighted by atomic mass is 9.81. The van der Waals surface area contributed by atoms with E-state index in [1.165, 1.54) is 13.0 Å². The molecule has 0 aliphatic carbocycles. The Hall–Kier alpha value is -0.120. The van der Waals surface area contributed by atoms with E-state index in [-0.39, 0.29) is 11.5 Å². The predicted octanol–water partition coefficient (Wildman–Crippen LogP) is 2.80. The van der Waals surface area contributed by atoms with Crippen LogP contribution in [0.2, 0.25) is 0 Å². The zero-order valence-corrected chi connectivity index (χ0v) is 14.4. The molecule has 0 aliphatic heterocycles. The third-order valence-electron chi connectivity index (χ3n) is 4.00. The van der Waals surface area contributed by atoms with Crippen molar-refractivity contribution in [3.05, 3.63) is 0 Å². The zero-order valence-electron chi connectivity index (χ0n) is 14.4. The van der Waals surface area contributed by atoms with Crippen LogP contribution in [-0.2, 0) is 0 Å². The SMILES string of the molecule is CCN(CC)CCCN(CC)C(C(C)N)C(C)(C)C. The van der Waals surface area contributed by atoms with Crippen LogP contribution in [-0.4, -0.2) is 54.6 Å². The van der Waals surface area contributed by atoms with E-state index in [1.54, 1.807) is 0 Å². The fourth-order valence-electron chi connectivity index (χ4n) is 3.20. The van der Waals surface area contributed by atoms with Gasteiger partial charge in [-0.15, -0.1) is 0 Å². The molecule has 116 valence electrons. The predicted molar refractivity (Wildman–Crippen MR) is 86.5 cm³/mol. The smallest absolute Gasteiger partial charge is 0.0292 e. The Kier molecular flexibility index (Phi) is 8.88. The molecule has 2 N–H and O–H groups in total. The first kappa shape index (κ1) is 18.9. The number of nitrogens with zero attached hydrogens (tertiary/aromatic N) is 2. The van der Waals surface area contributed by atoms with Gasteiger partial charge in [0.05, 0.1) is 0 Å². The van der Waals surface area contributed by atoms with Crippen molar-refractivity contribution in [3.8, 4) is 0 Å². The maximum Gasteiger partial charge on any atom is 0.0292 e. The zero-order chi connectivity index (χ0) is 15.1. The van der Waals surface area contributed by atoms with Crippen LogP contribution in [0, 0.1) is 5.41 Å². The van der Waals surface area contributed by atoms with Gasteiger partial charge in [0.15, 0.2) is 0 Å². The van der Waals surface area contributed by atoms with Crippen LogP contribution in [0.3, 0.4) is 0 Å². The second-order valence-electron chi connectivity index (χ2n) is 6.68. The van der Waals surface area contributed by atoms with Crippen LogP contribution in [0.25, 0.3) is 0 Å². The molecule has 0 aromatic heterocycles. The molecule has 0 aromatic rings. The van der Waals surface area contributed by atoms with Gasteiger partial charge in [0.25, 0.3) is 0 Å². The minimum absolute atomic E-state index is 0.216. The molecule has 0 heterocycles. The largest absolute Gasteiger partial charge is 0.327 e. The van der Waals surface area contributed by atoms with Crippen molar-refractivity contribution in [2.24, 2.45) is 11.1 Å². The number of nitrogens with two attached hydrogens (primary N) is 1. The Morgan fingerprint density at radius 2 is 1.47 bits per heavy atom. The summed E-state index contributed by atoms with van der Waals surface area (Å²) in [5, 5.41) is 0. The van der Waals surface area contributed by atoms with Gasteiger partial charge in [-0.3, -0.25) is 4.90 Å². The van der Waals surface area contributed by atoms with Crippen molar-refractivity contribution in [2.75, 3.05) is 32.7 Å². The van der Waals surface area contributed by atoms with E-state index < -0.39 is 0 Å². The van der Waals surface area contributed by atoms with E-state index in [1.807, 2.05) is 0 Å². The van der Waals surface area contributed by atoms with Gasteiger partial charge in [-0.2, -0.15) is 0 Å². The summed E-state index contributed by atoms with van der Waals surface area (Å²) in [5.41, 5.74) is 6.47. The van der Waals surface area contributed by atoms with E-state index >= 15 is 0 Å². The minimum Gasteiger partial charge on any atom is -0.327 e. The Bertz CT molecular complexity index is 217. The summed E-state index contributed by atoms with van der Waals surface area (Å²) in [5.74, 6) is 0. The maximum atomic E-state index is 6.23. The Morgan fingerprint density at radius 1 is 0.947 bits per heavy atom. The van der Waals surface area contributed by atoms with Crippen LogP contribution in [0.4, 0.5) is 0 Å². The highest BCUT2D eigenvalue weighted by Gasteiger charge is 2.32. The summed E-state index contributed by atoms with van der Waals surface area (Å²) in [6.45, 7) is 21.5. The standard InChI is InChI=1S/C16H37N3/c1-8-18(9-2)12-11-13-19(10-3)15(14(4)17)16(5,6)7/h14-15H,8-13,17H2,1-7H3. The fraction of sp³-hybridized carbons (Fsp3) is 1.00. The van der Waals surface area contributed by atoms with E-state index in [0.717, 1.165) is 26.2 Å².